The second-order valence-electron chi connectivity index (χ2n) is 6.93. The fourth-order valence-corrected chi connectivity index (χ4v) is 3.09. The van der Waals surface area contributed by atoms with Crippen molar-refractivity contribution in [3.8, 4) is 0 Å². The first-order chi connectivity index (χ1) is 10.7. The molecular weight excluding hydrogens is 363 g/mol. The van der Waals surface area contributed by atoms with Gasteiger partial charge in [0.2, 0.25) is 11.8 Å². The van der Waals surface area contributed by atoms with Crippen LogP contribution >= 0.6 is 15.9 Å². The molecule has 1 saturated heterocycles. The van der Waals surface area contributed by atoms with Gasteiger partial charge < -0.3 is 10.2 Å². The van der Waals surface area contributed by atoms with E-state index in [9.17, 15) is 14.0 Å². The number of benzene rings is 1. The number of rotatable bonds is 2. The van der Waals surface area contributed by atoms with E-state index in [1.807, 2.05) is 25.7 Å². The summed E-state index contributed by atoms with van der Waals surface area (Å²) in [6, 6.07) is 4.17. The molecule has 0 aromatic heterocycles. The Balaban J connectivity index is 1.92. The minimum atomic E-state index is -0.395. The molecule has 6 heteroatoms. The molecule has 1 aliphatic rings. The molecule has 1 N–H and O–H groups in total. The van der Waals surface area contributed by atoms with Crippen molar-refractivity contribution in [2.45, 2.75) is 33.6 Å². The predicted octanol–water partition coefficient (Wildman–Crippen LogP) is 3.81. The van der Waals surface area contributed by atoms with Gasteiger partial charge in [-0.3, -0.25) is 9.59 Å². The topological polar surface area (TPSA) is 49.4 Å². The zero-order valence-electron chi connectivity index (χ0n) is 13.7. The highest BCUT2D eigenvalue weighted by atomic mass is 79.9. The Morgan fingerprint density at radius 1 is 1.26 bits per heavy atom. The Labute approximate surface area is 144 Å². The van der Waals surface area contributed by atoms with Gasteiger partial charge >= 0.3 is 0 Å². The van der Waals surface area contributed by atoms with Crippen molar-refractivity contribution in [2.75, 3.05) is 18.4 Å². The molecule has 1 aromatic rings. The molecule has 0 atom stereocenters. The zero-order valence-corrected chi connectivity index (χ0v) is 15.2. The van der Waals surface area contributed by atoms with Crippen LogP contribution in [0, 0.1) is 17.2 Å². The summed E-state index contributed by atoms with van der Waals surface area (Å²) in [6.45, 7) is 6.90. The molecule has 0 spiro atoms. The van der Waals surface area contributed by atoms with Crippen LogP contribution in [-0.4, -0.2) is 29.8 Å². The largest absolute Gasteiger partial charge is 0.342 e. The van der Waals surface area contributed by atoms with Crippen LogP contribution in [-0.2, 0) is 9.59 Å². The first-order valence-corrected chi connectivity index (χ1v) is 8.53. The minimum Gasteiger partial charge on any atom is -0.342 e. The Hall–Kier alpha value is -1.43. The van der Waals surface area contributed by atoms with Crippen LogP contribution < -0.4 is 5.32 Å². The first kappa shape index (κ1) is 17.9. The van der Waals surface area contributed by atoms with Crippen LogP contribution in [0.4, 0.5) is 10.1 Å². The van der Waals surface area contributed by atoms with Gasteiger partial charge in [0.1, 0.15) is 5.82 Å². The van der Waals surface area contributed by atoms with E-state index in [0.29, 0.717) is 36.1 Å². The lowest BCUT2D eigenvalue weighted by molar-refractivity contribution is -0.142. The van der Waals surface area contributed by atoms with Gasteiger partial charge in [-0.15, -0.1) is 0 Å². The normalized spacial score (nSPS) is 16.3. The Bertz CT molecular complexity index is 605. The molecule has 0 aliphatic carbocycles. The highest BCUT2D eigenvalue weighted by Crippen LogP contribution is 2.27. The lowest BCUT2D eigenvalue weighted by Gasteiger charge is -2.35. The van der Waals surface area contributed by atoms with E-state index >= 15 is 0 Å². The van der Waals surface area contributed by atoms with Gasteiger partial charge in [-0.05, 0) is 47.0 Å². The molecule has 4 nitrogen and oxygen atoms in total. The van der Waals surface area contributed by atoms with E-state index in [-0.39, 0.29) is 23.5 Å². The van der Waals surface area contributed by atoms with E-state index in [0.717, 1.165) is 0 Å². The van der Waals surface area contributed by atoms with E-state index in [1.165, 1.54) is 18.2 Å². The first-order valence-electron chi connectivity index (χ1n) is 7.74. The summed E-state index contributed by atoms with van der Waals surface area (Å²) in [5.41, 5.74) is 0.165. The molecule has 1 aliphatic heterocycles. The number of piperidine rings is 1. The second kappa shape index (κ2) is 6.99. The van der Waals surface area contributed by atoms with E-state index in [1.54, 1.807) is 0 Å². The molecule has 2 amide bonds. The average molecular weight is 385 g/mol. The van der Waals surface area contributed by atoms with Gasteiger partial charge in [0.05, 0.1) is 5.69 Å². The molecule has 1 heterocycles. The SMILES string of the molecule is CC(C)(C)C(=O)N1CCC(C(=O)Nc2ccc(F)cc2Br)CC1. The fourth-order valence-electron chi connectivity index (χ4n) is 2.64. The quantitative estimate of drug-likeness (QED) is 0.842. The summed E-state index contributed by atoms with van der Waals surface area (Å²) in [6.07, 6.45) is 1.29. The third-order valence-corrected chi connectivity index (χ3v) is 4.64. The van der Waals surface area contributed by atoms with Crippen LogP contribution in [0.1, 0.15) is 33.6 Å². The number of hydrogen-bond donors (Lipinski definition) is 1. The molecule has 23 heavy (non-hydrogen) atoms. The lowest BCUT2D eigenvalue weighted by atomic mass is 9.90. The van der Waals surface area contributed by atoms with Gasteiger partial charge in [-0.2, -0.15) is 0 Å². The molecule has 0 saturated carbocycles. The van der Waals surface area contributed by atoms with Crippen molar-refractivity contribution in [1.82, 2.24) is 4.90 Å². The highest BCUT2D eigenvalue weighted by molar-refractivity contribution is 9.10. The molecule has 0 bridgehead atoms. The van der Waals surface area contributed by atoms with Gasteiger partial charge in [-0.1, -0.05) is 20.8 Å². The second-order valence-corrected chi connectivity index (χ2v) is 7.78. The summed E-state index contributed by atoms with van der Waals surface area (Å²) in [5.74, 6) is -0.447. The highest BCUT2D eigenvalue weighted by Gasteiger charge is 2.32. The predicted molar refractivity (Wildman–Crippen MR) is 91.5 cm³/mol. The smallest absolute Gasteiger partial charge is 0.227 e. The van der Waals surface area contributed by atoms with Crippen molar-refractivity contribution in [3.05, 3.63) is 28.5 Å². The molecule has 1 aromatic carbocycles. The van der Waals surface area contributed by atoms with Gasteiger partial charge in [-0.25, -0.2) is 4.39 Å². The van der Waals surface area contributed by atoms with E-state index in [2.05, 4.69) is 21.2 Å². The number of anilines is 1. The number of amides is 2. The fraction of sp³-hybridized carbons (Fsp3) is 0.529. The lowest BCUT2D eigenvalue weighted by Crippen LogP contribution is -2.45. The summed E-state index contributed by atoms with van der Waals surface area (Å²) >= 11 is 3.24. The summed E-state index contributed by atoms with van der Waals surface area (Å²) in [7, 11) is 0. The molecule has 2 rings (SSSR count). The molecule has 1 fully saturated rings. The molecule has 0 unspecified atom stereocenters. The zero-order chi connectivity index (χ0) is 17.2. The summed E-state index contributed by atoms with van der Waals surface area (Å²) < 4.78 is 13.6. The van der Waals surface area contributed by atoms with Gasteiger partial charge in [0.25, 0.3) is 0 Å². The average Bonchev–Trinajstić information content (AvgIpc) is 2.48. The maximum absolute atomic E-state index is 13.1. The van der Waals surface area contributed by atoms with E-state index < -0.39 is 5.41 Å². The van der Waals surface area contributed by atoms with Gasteiger partial charge in [0, 0.05) is 28.9 Å². The number of carbonyl (C=O) groups excluding carboxylic acids is 2. The number of likely N-dealkylation sites (tertiary alicyclic amines) is 1. The number of hydrogen-bond acceptors (Lipinski definition) is 2. The molecular formula is C17H22BrFN2O2. The Kier molecular flexibility index (Phi) is 5.45. The van der Waals surface area contributed by atoms with Crippen LogP contribution in [0.3, 0.4) is 0 Å². The summed E-state index contributed by atoms with van der Waals surface area (Å²) in [5, 5.41) is 2.83. The third kappa shape index (κ3) is 4.53. The standard InChI is InChI=1S/C17H22BrFN2O2/c1-17(2,3)16(23)21-8-6-11(7-9-21)15(22)20-14-5-4-12(19)10-13(14)18/h4-5,10-11H,6-9H2,1-3H3,(H,20,22). The maximum Gasteiger partial charge on any atom is 0.227 e. The van der Waals surface area contributed by atoms with E-state index in [4.69, 9.17) is 0 Å². The summed E-state index contributed by atoms with van der Waals surface area (Å²) in [4.78, 5) is 26.4. The van der Waals surface area contributed by atoms with Crippen LogP contribution in [0.2, 0.25) is 0 Å². The van der Waals surface area contributed by atoms with Crippen molar-refractivity contribution in [2.24, 2.45) is 11.3 Å². The maximum atomic E-state index is 13.1. The van der Waals surface area contributed by atoms with Gasteiger partial charge in [0.15, 0.2) is 0 Å². The Morgan fingerprint density at radius 2 is 1.87 bits per heavy atom. The minimum absolute atomic E-state index is 0.0832. The Morgan fingerprint density at radius 3 is 2.39 bits per heavy atom. The van der Waals surface area contributed by atoms with Crippen molar-refractivity contribution >= 4 is 33.4 Å². The van der Waals surface area contributed by atoms with Crippen molar-refractivity contribution < 1.29 is 14.0 Å². The van der Waals surface area contributed by atoms with Crippen molar-refractivity contribution in [3.63, 3.8) is 0 Å². The number of carbonyl (C=O) groups is 2. The number of nitrogens with zero attached hydrogens (tertiary/aromatic N) is 1. The number of nitrogens with one attached hydrogen (secondary N) is 1. The number of halogens is 2. The third-order valence-electron chi connectivity index (χ3n) is 3.98. The van der Waals surface area contributed by atoms with Crippen molar-refractivity contribution in [1.29, 1.82) is 0 Å². The van der Waals surface area contributed by atoms with Crippen LogP contribution in [0.25, 0.3) is 0 Å². The van der Waals surface area contributed by atoms with Crippen LogP contribution in [0.15, 0.2) is 22.7 Å². The molecule has 0 radical (unpaired) electrons. The van der Waals surface area contributed by atoms with Crippen LogP contribution in [0.5, 0.6) is 0 Å². The molecule has 126 valence electrons. The monoisotopic (exact) mass is 384 g/mol.